The van der Waals surface area contributed by atoms with Crippen molar-refractivity contribution in [2.24, 2.45) is 0 Å². The molecule has 0 fully saturated rings. The Hall–Kier alpha value is -4.25. The van der Waals surface area contributed by atoms with Gasteiger partial charge in [0, 0.05) is 16.5 Å². The molecule has 2 nitrogen and oxygen atoms in total. The summed E-state index contributed by atoms with van der Waals surface area (Å²) >= 11 is 3.47. The molecule has 4 heterocycles. The summed E-state index contributed by atoms with van der Waals surface area (Å²) in [6, 6.07) is 38.7. The lowest BCUT2D eigenvalue weighted by molar-refractivity contribution is 1.37. The SMILES string of the molecule is Cc1ccc(-c2[nH]c3c(-c4ccccc4)c(-c4cccs4)nc(-c4cccs4)c3c2-c2ccccc2)cc1. The number of H-pyrrole nitrogens is 1. The highest BCUT2D eigenvalue weighted by Crippen LogP contribution is 2.49. The number of hydrogen-bond acceptors (Lipinski definition) is 3. The second kappa shape index (κ2) is 9.56. The fraction of sp³-hybridized carbons (Fsp3) is 0.0294. The Morgan fingerprint density at radius 1 is 0.553 bits per heavy atom. The first kappa shape index (κ1) is 22.9. The predicted molar refractivity (Wildman–Crippen MR) is 164 cm³/mol. The summed E-state index contributed by atoms with van der Waals surface area (Å²) in [5.74, 6) is 0. The van der Waals surface area contributed by atoms with Gasteiger partial charge in [-0.25, -0.2) is 4.98 Å². The van der Waals surface area contributed by atoms with Crippen LogP contribution < -0.4 is 0 Å². The Bertz CT molecular complexity index is 1830. The molecular formula is C34H24N2S2. The molecule has 7 rings (SSSR count). The predicted octanol–water partition coefficient (Wildman–Crippen LogP) is 10.3. The molecule has 4 aromatic heterocycles. The van der Waals surface area contributed by atoms with Crippen LogP contribution in [-0.4, -0.2) is 9.97 Å². The van der Waals surface area contributed by atoms with Gasteiger partial charge >= 0.3 is 0 Å². The van der Waals surface area contributed by atoms with Gasteiger partial charge in [-0.05, 0) is 46.5 Å². The summed E-state index contributed by atoms with van der Waals surface area (Å²) < 4.78 is 0. The van der Waals surface area contributed by atoms with Gasteiger partial charge in [0.25, 0.3) is 0 Å². The van der Waals surface area contributed by atoms with E-state index in [1.807, 2.05) is 0 Å². The molecule has 0 aliphatic heterocycles. The molecule has 1 N–H and O–H groups in total. The van der Waals surface area contributed by atoms with E-state index < -0.39 is 0 Å². The average molecular weight is 525 g/mol. The molecule has 3 aromatic carbocycles. The van der Waals surface area contributed by atoms with Crippen LogP contribution in [0.1, 0.15) is 5.56 Å². The van der Waals surface area contributed by atoms with Crippen LogP contribution in [0.3, 0.4) is 0 Å². The Morgan fingerprint density at radius 2 is 1.13 bits per heavy atom. The van der Waals surface area contributed by atoms with Crippen molar-refractivity contribution in [2.75, 3.05) is 0 Å². The topological polar surface area (TPSA) is 28.7 Å². The maximum absolute atomic E-state index is 5.47. The largest absolute Gasteiger partial charge is 0.353 e. The van der Waals surface area contributed by atoms with Crippen molar-refractivity contribution in [1.82, 2.24) is 9.97 Å². The van der Waals surface area contributed by atoms with Gasteiger partial charge in [-0.1, -0.05) is 103 Å². The monoisotopic (exact) mass is 524 g/mol. The van der Waals surface area contributed by atoms with Gasteiger partial charge in [0.05, 0.1) is 32.4 Å². The number of rotatable bonds is 5. The van der Waals surface area contributed by atoms with E-state index in [1.54, 1.807) is 22.7 Å². The van der Waals surface area contributed by atoms with E-state index >= 15 is 0 Å². The van der Waals surface area contributed by atoms with Crippen molar-refractivity contribution >= 4 is 33.6 Å². The quantitative estimate of drug-likeness (QED) is 0.238. The summed E-state index contributed by atoms with van der Waals surface area (Å²) in [6.07, 6.45) is 0. The average Bonchev–Trinajstić information content (AvgIpc) is 3.75. The molecule has 38 heavy (non-hydrogen) atoms. The Morgan fingerprint density at radius 3 is 1.71 bits per heavy atom. The molecule has 0 bridgehead atoms. The van der Waals surface area contributed by atoms with Gasteiger partial charge in [0.1, 0.15) is 0 Å². The molecule has 0 aliphatic carbocycles. The normalized spacial score (nSPS) is 11.3. The third-order valence-corrected chi connectivity index (χ3v) is 8.67. The number of pyridine rings is 1. The number of aromatic nitrogens is 2. The molecular weight excluding hydrogens is 501 g/mol. The third-order valence-electron chi connectivity index (χ3n) is 6.92. The summed E-state index contributed by atoms with van der Waals surface area (Å²) in [5, 5.41) is 5.42. The van der Waals surface area contributed by atoms with Gasteiger partial charge in [-0.15, -0.1) is 22.7 Å². The first-order chi connectivity index (χ1) is 18.8. The van der Waals surface area contributed by atoms with E-state index in [4.69, 9.17) is 4.98 Å². The number of nitrogens with one attached hydrogen (secondary N) is 1. The lowest BCUT2D eigenvalue weighted by Crippen LogP contribution is -1.94. The third kappa shape index (κ3) is 3.90. The van der Waals surface area contributed by atoms with E-state index in [9.17, 15) is 0 Å². The number of thiophene rings is 2. The smallest absolute Gasteiger partial charge is 0.0910 e. The summed E-state index contributed by atoms with van der Waals surface area (Å²) in [7, 11) is 0. The van der Waals surface area contributed by atoms with Crippen molar-refractivity contribution in [2.45, 2.75) is 6.92 Å². The molecule has 7 aromatic rings. The zero-order valence-corrected chi connectivity index (χ0v) is 22.4. The molecule has 182 valence electrons. The Labute approximate surface area is 229 Å². The zero-order chi connectivity index (χ0) is 25.5. The molecule has 0 atom stereocenters. The van der Waals surface area contributed by atoms with Crippen molar-refractivity contribution in [1.29, 1.82) is 0 Å². The highest BCUT2D eigenvalue weighted by atomic mass is 32.1. The van der Waals surface area contributed by atoms with Crippen LogP contribution in [0.2, 0.25) is 0 Å². The number of aromatic amines is 1. The molecule has 4 heteroatoms. The van der Waals surface area contributed by atoms with Crippen molar-refractivity contribution in [3.05, 3.63) is 126 Å². The highest BCUT2D eigenvalue weighted by molar-refractivity contribution is 7.14. The second-order valence-electron chi connectivity index (χ2n) is 9.36. The second-order valence-corrected chi connectivity index (χ2v) is 11.3. The minimum atomic E-state index is 1.01. The first-order valence-electron chi connectivity index (χ1n) is 12.6. The van der Waals surface area contributed by atoms with Crippen LogP contribution in [-0.2, 0) is 0 Å². The molecule has 0 saturated carbocycles. The van der Waals surface area contributed by atoms with Crippen LogP contribution in [0.25, 0.3) is 65.6 Å². The van der Waals surface area contributed by atoms with Crippen molar-refractivity contribution in [3.63, 3.8) is 0 Å². The van der Waals surface area contributed by atoms with E-state index in [2.05, 4.69) is 132 Å². The van der Waals surface area contributed by atoms with Gasteiger partial charge < -0.3 is 4.98 Å². The minimum absolute atomic E-state index is 1.01. The lowest BCUT2D eigenvalue weighted by Gasteiger charge is -2.14. The number of hydrogen-bond donors (Lipinski definition) is 1. The number of nitrogens with zero attached hydrogens (tertiary/aromatic N) is 1. The molecule has 0 radical (unpaired) electrons. The number of benzene rings is 3. The molecule has 0 saturated heterocycles. The Balaban J connectivity index is 1.69. The number of aryl methyl sites for hydroxylation is 1. The van der Waals surface area contributed by atoms with Crippen LogP contribution >= 0.6 is 22.7 Å². The van der Waals surface area contributed by atoms with E-state index in [-0.39, 0.29) is 0 Å². The van der Waals surface area contributed by atoms with Crippen molar-refractivity contribution < 1.29 is 0 Å². The fourth-order valence-corrected chi connectivity index (χ4v) is 6.61. The van der Waals surface area contributed by atoms with Gasteiger partial charge in [-0.3, -0.25) is 0 Å². The molecule has 0 spiro atoms. The molecule has 0 amide bonds. The van der Waals surface area contributed by atoms with Crippen LogP contribution in [0, 0.1) is 6.92 Å². The highest BCUT2D eigenvalue weighted by Gasteiger charge is 2.26. The summed E-state index contributed by atoms with van der Waals surface area (Å²) in [4.78, 5) is 11.7. The Kier molecular flexibility index (Phi) is 5.77. The van der Waals surface area contributed by atoms with Crippen LogP contribution in [0.5, 0.6) is 0 Å². The van der Waals surface area contributed by atoms with Crippen LogP contribution in [0.15, 0.2) is 120 Å². The van der Waals surface area contributed by atoms with E-state index in [0.717, 1.165) is 44.0 Å². The zero-order valence-electron chi connectivity index (χ0n) is 20.8. The van der Waals surface area contributed by atoms with Gasteiger partial charge in [0.2, 0.25) is 0 Å². The number of fused-ring (bicyclic) bond motifs is 1. The summed E-state index contributed by atoms with van der Waals surface area (Å²) in [6.45, 7) is 2.13. The summed E-state index contributed by atoms with van der Waals surface area (Å²) in [5.41, 5.74) is 11.3. The standard InChI is InChI=1S/C34H24N2S2/c1-22-16-18-25(19-17-22)31-28(23-10-4-2-5-11-23)30-33(27-15-9-21-38-27)36-32(26-14-8-20-37-26)29(34(30)35-31)24-12-6-3-7-13-24/h2-21,35H,1H3. The maximum atomic E-state index is 5.47. The van der Waals surface area contributed by atoms with E-state index in [1.165, 1.54) is 27.1 Å². The van der Waals surface area contributed by atoms with E-state index in [0.29, 0.717) is 0 Å². The fourth-order valence-electron chi connectivity index (χ4n) is 5.17. The van der Waals surface area contributed by atoms with Gasteiger partial charge in [-0.2, -0.15) is 0 Å². The molecule has 0 aliphatic rings. The van der Waals surface area contributed by atoms with Gasteiger partial charge in [0.15, 0.2) is 0 Å². The minimum Gasteiger partial charge on any atom is -0.353 e. The first-order valence-corrected chi connectivity index (χ1v) is 14.4. The maximum Gasteiger partial charge on any atom is 0.0910 e. The van der Waals surface area contributed by atoms with Crippen molar-refractivity contribution in [3.8, 4) is 54.7 Å². The molecule has 0 unspecified atom stereocenters. The van der Waals surface area contributed by atoms with Crippen LogP contribution in [0.4, 0.5) is 0 Å². The lowest BCUT2D eigenvalue weighted by atomic mass is 9.94.